The molecule has 2 aromatic rings. The summed E-state index contributed by atoms with van der Waals surface area (Å²) in [5.74, 6) is 0.876. The molecule has 1 heterocycles. The van der Waals surface area contributed by atoms with Crippen molar-refractivity contribution in [1.82, 2.24) is 5.32 Å². The van der Waals surface area contributed by atoms with E-state index in [9.17, 15) is 0 Å². The van der Waals surface area contributed by atoms with Crippen LogP contribution in [0.2, 0.25) is 5.02 Å². The van der Waals surface area contributed by atoms with Crippen LogP contribution < -0.4 is 10.1 Å². The molecule has 0 spiro atoms. The molecule has 2 rings (SSSR count). The van der Waals surface area contributed by atoms with E-state index in [4.69, 9.17) is 16.3 Å². The Kier molecular flexibility index (Phi) is 5.89. The molecule has 1 N–H and O–H groups in total. The predicted octanol–water partition coefficient (Wildman–Crippen LogP) is 4.52. The minimum atomic E-state index is 0.421. The average molecular weight is 310 g/mol. The summed E-state index contributed by atoms with van der Waals surface area (Å²) in [5, 5.41) is 8.39. The lowest BCUT2D eigenvalue weighted by Crippen LogP contribution is -2.22. The van der Waals surface area contributed by atoms with Gasteiger partial charge >= 0.3 is 0 Å². The highest BCUT2D eigenvalue weighted by molar-refractivity contribution is 7.07. The van der Waals surface area contributed by atoms with Gasteiger partial charge in [0.15, 0.2) is 0 Å². The first kappa shape index (κ1) is 15.4. The van der Waals surface area contributed by atoms with Crippen LogP contribution in [-0.2, 0) is 13.0 Å². The van der Waals surface area contributed by atoms with Crippen LogP contribution in [0.5, 0.6) is 5.75 Å². The zero-order valence-corrected chi connectivity index (χ0v) is 13.4. The topological polar surface area (TPSA) is 21.3 Å². The second kappa shape index (κ2) is 7.67. The smallest absolute Gasteiger partial charge is 0.125 e. The molecule has 0 fully saturated rings. The summed E-state index contributed by atoms with van der Waals surface area (Å²) < 4.78 is 5.90. The molecule has 0 saturated heterocycles. The standard InChI is InChI=1S/C16H20ClNOS/c1-12(2)18-10-14-15(17)4-3-5-16(14)19-8-6-13-7-9-20-11-13/h3-5,7,9,11-12,18H,6,8,10H2,1-2H3. The minimum Gasteiger partial charge on any atom is -0.493 e. The zero-order valence-electron chi connectivity index (χ0n) is 11.9. The maximum atomic E-state index is 6.27. The lowest BCUT2D eigenvalue weighted by atomic mass is 10.2. The quantitative estimate of drug-likeness (QED) is 0.812. The number of hydrogen-bond donors (Lipinski definition) is 1. The molecule has 20 heavy (non-hydrogen) atoms. The van der Waals surface area contributed by atoms with Gasteiger partial charge in [-0.25, -0.2) is 0 Å². The summed E-state index contributed by atoms with van der Waals surface area (Å²) in [5.41, 5.74) is 2.35. The predicted molar refractivity (Wildman–Crippen MR) is 86.9 cm³/mol. The average Bonchev–Trinajstić information content (AvgIpc) is 2.91. The van der Waals surface area contributed by atoms with Gasteiger partial charge in [0.25, 0.3) is 0 Å². The molecule has 0 aliphatic carbocycles. The molecule has 0 atom stereocenters. The molecule has 0 saturated carbocycles. The Morgan fingerprint density at radius 3 is 2.85 bits per heavy atom. The van der Waals surface area contributed by atoms with Gasteiger partial charge < -0.3 is 10.1 Å². The molecular formula is C16H20ClNOS. The number of ether oxygens (including phenoxy) is 1. The zero-order chi connectivity index (χ0) is 14.4. The van der Waals surface area contributed by atoms with E-state index in [0.717, 1.165) is 29.3 Å². The van der Waals surface area contributed by atoms with Crippen LogP contribution in [0.3, 0.4) is 0 Å². The summed E-state index contributed by atoms with van der Waals surface area (Å²) in [4.78, 5) is 0. The van der Waals surface area contributed by atoms with Crippen LogP contribution >= 0.6 is 22.9 Å². The van der Waals surface area contributed by atoms with Crippen LogP contribution in [0.1, 0.15) is 25.0 Å². The number of halogens is 1. The first-order chi connectivity index (χ1) is 9.66. The minimum absolute atomic E-state index is 0.421. The molecule has 108 valence electrons. The van der Waals surface area contributed by atoms with Gasteiger partial charge in [-0.2, -0.15) is 11.3 Å². The third-order valence-electron chi connectivity index (χ3n) is 2.99. The van der Waals surface area contributed by atoms with Crippen LogP contribution in [0.25, 0.3) is 0 Å². The molecule has 0 amide bonds. The third-order valence-corrected chi connectivity index (χ3v) is 4.08. The summed E-state index contributed by atoms with van der Waals surface area (Å²) >= 11 is 7.99. The van der Waals surface area contributed by atoms with Gasteiger partial charge in [-0.3, -0.25) is 0 Å². The first-order valence-electron chi connectivity index (χ1n) is 6.81. The Balaban J connectivity index is 1.97. The Morgan fingerprint density at radius 2 is 2.15 bits per heavy atom. The lowest BCUT2D eigenvalue weighted by Gasteiger charge is -2.15. The Hall–Kier alpha value is -1.03. The molecular weight excluding hydrogens is 290 g/mol. The highest BCUT2D eigenvalue weighted by atomic mass is 35.5. The van der Waals surface area contributed by atoms with E-state index in [1.54, 1.807) is 11.3 Å². The molecule has 1 aromatic heterocycles. The monoisotopic (exact) mass is 309 g/mol. The Morgan fingerprint density at radius 1 is 1.30 bits per heavy atom. The summed E-state index contributed by atoms with van der Waals surface area (Å²) in [6, 6.07) is 8.38. The highest BCUT2D eigenvalue weighted by Crippen LogP contribution is 2.26. The van der Waals surface area contributed by atoms with E-state index in [1.165, 1.54) is 5.56 Å². The third kappa shape index (κ3) is 4.51. The Bertz CT molecular complexity index is 525. The van der Waals surface area contributed by atoms with Gasteiger partial charge in [0.1, 0.15) is 5.75 Å². The number of benzene rings is 1. The van der Waals surface area contributed by atoms with Gasteiger partial charge in [-0.1, -0.05) is 31.5 Å². The van der Waals surface area contributed by atoms with E-state index >= 15 is 0 Å². The van der Waals surface area contributed by atoms with Crippen molar-refractivity contribution in [2.45, 2.75) is 32.9 Å². The number of nitrogens with one attached hydrogen (secondary N) is 1. The maximum absolute atomic E-state index is 6.27. The SMILES string of the molecule is CC(C)NCc1c(Cl)cccc1OCCc1ccsc1. The van der Waals surface area contributed by atoms with E-state index in [1.807, 2.05) is 18.2 Å². The largest absolute Gasteiger partial charge is 0.493 e. The van der Waals surface area contributed by atoms with Crippen molar-refractivity contribution in [1.29, 1.82) is 0 Å². The molecule has 0 bridgehead atoms. The van der Waals surface area contributed by atoms with Gasteiger partial charge in [0.05, 0.1) is 6.61 Å². The maximum Gasteiger partial charge on any atom is 0.125 e. The van der Waals surface area contributed by atoms with Crippen LogP contribution in [-0.4, -0.2) is 12.6 Å². The first-order valence-corrected chi connectivity index (χ1v) is 8.13. The normalized spacial score (nSPS) is 11.0. The van der Waals surface area contributed by atoms with E-state index in [-0.39, 0.29) is 0 Å². The molecule has 1 aromatic carbocycles. The van der Waals surface area contributed by atoms with Gasteiger partial charge in [0.2, 0.25) is 0 Å². The van der Waals surface area contributed by atoms with Crippen molar-refractivity contribution < 1.29 is 4.74 Å². The van der Waals surface area contributed by atoms with Crippen LogP contribution in [0, 0.1) is 0 Å². The van der Waals surface area contributed by atoms with Gasteiger partial charge in [-0.15, -0.1) is 0 Å². The van der Waals surface area contributed by atoms with Crippen molar-refractivity contribution in [3.63, 3.8) is 0 Å². The van der Waals surface area contributed by atoms with Crippen molar-refractivity contribution in [3.8, 4) is 5.75 Å². The lowest BCUT2D eigenvalue weighted by molar-refractivity contribution is 0.317. The summed E-state index contributed by atoms with van der Waals surface area (Å²) in [7, 11) is 0. The summed E-state index contributed by atoms with van der Waals surface area (Å²) in [6.07, 6.45) is 0.924. The van der Waals surface area contributed by atoms with Crippen molar-refractivity contribution in [2.75, 3.05) is 6.61 Å². The fraction of sp³-hybridized carbons (Fsp3) is 0.375. The number of thiophene rings is 1. The fourth-order valence-electron chi connectivity index (χ4n) is 1.87. The summed E-state index contributed by atoms with van der Waals surface area (Å²) in [6.45, 7) is 5.64. The molecule has 0 unspecified atom stereocenters. The second-order valence-electron chi connectivity index (χ2n) is 4.98. The molecule has 0 radical (unpaired) electrons. The van der Waals surface area contributed by atoms with Crippen molar-refractivity contribution >= 4 is 22.9 Å². The number of hydrogen-bond acceptors (Lipinski definition) is 3. The second-order valence-corrected chi connectivity index (χ2v) is 6.17. The van der Waals surface area contributed by atoms with Gasteiger partial charge in [-0.05, 0) is 34.5 Å². The number of rotatable bonds is 7. The van der Waals surface area contributed by atoms with Crippen molar-refractivity contribution in [2.24, 2.45) is 0 Å². The van der Waals surface area contributed by atoms with Crippen molar-refractivity contribution in [3.05, 3.63) is 51.2 Å². The van der Waals surface area contributed by atoms with Crippen LogP contribution in [0.4, 0.5) is 0 Å². The van der Waals surface area contributed by atoms with Crippen LogP contribution in [0.15, 0.2) is 35.0 Å². The fourth-order valence-corrected chi connectivity index (χ4v) is 2.80. The molecule has 0 aliphatic heterocycles. The Labute approximate surface area is 129 Å². The molecule has 2 nitrogen and oxygen atoms in total. The molecule has 0 aliphatic rings. The molecule has 4 heteroatoms. The van der Waals surface area contributed by atoms with Gasteiger partial charge in [0, 0.05) is 29.6 Å². The van der Waals surface area contributed by atoms with E-state index in [0.29, 0.717) is 12.6 Å². The van der Waals surface area contributed by atoms with E-state index < -0.39 is 0 Å². The highest BCUT2D eigenvalue weighted by Gasteiger charge is 2.08. The van der Waals surface area contributed by atoms with E-state index in [2.05, 4.69) is 36.0 Å².